The third-order valence-corrected chi connectivity index (χ3v) is 2.01. The summed E-state index contributed by atoms with van der Waals surface area (Å²) in [6, 6.07) is 0. The first-order valence-corrected chi connectivity index (χ1v) is 4.50. The molecule has 0 N–H and O–H groups in total. The Kier molecular flexibility index (Phi) is 4.25. The minimum Gasteiger partial charge on any atom is -0.381 e. The SMILES string of the molecule is CCOCC(=O)CC1CCOC1. The van der Waals surface area contributed by atoms with Crippen molar-refractivity contribution < 1.29 is 14.3 Å². The smallest absolute Gasteiger partial charge is 0.158 e. The maximum Gasteiger partial charge on any atom is 0.158 e. The van der Waals surface area contributed by atoms with Crippen LogP contribution in [0.1, 0.15) is 19.8 Å². The number of ether oxygens (including phenoxy) is 2. The zero-order valence-corrected chi connectivity index (χ0v) is 7.54. The van der Waals surface area contributed by atoms with E-state index in [1.165, 1.54) is 0 Å². The molecule has 1 aliphatic rings. The fourth-order valence-electron chi connectivity index (χ4n) is 1.34. The van der Waals surface area contributed by atoms with Crippen LogP contribution in [-0.2, 0) is 14.3 Å². The summed E-state index contributed by atoms with van der Waals surface area (Å²) in [7, 11) is 0. The maximum atomic E-state index is 11.2. The molecule has 0 radical (unpaired) electrons. The lowest BCUT2D eigenvalue weighted by Gasteiger charge is -2.05. The maximum absolute atomic E-state index is 11.2. The van der Waals surface area contributed by atoms with Crippen molar-refractivity contribution in [1.82, 2.24) is 0 Å². The van der Waals surface area contributed by atoms with Crippen molar-refractivity contribution in [3.8, 4) is 0 Å². The first-order chi connectivity index (χ1) is 5.83. The second-order valence-electron chi connectivity index (χ2n) is 3.11. The molecule has 3 nitrogen and oxygen atoms in total. The van der Waals surface area contributed by atoms with E-state index in [1.807, 2.05) is 6.92 Å². The van der Waals surface area contributed by atoms with Crippen molar-refractivity contribution >= 4 is 5.78 Å². The Morgan fingerprint density at radius 2 is 2.50 bits per heavy atom. The highest BCUT2D eigenvalue weighted by Crippen LogP contribution is 2.16. The lowest BCUT2D eigenvalue weighted by atomic mass is 10.0. The molecule has 12 heavy (non-hydrogen) atoms. The van der Waals surface area contributed by atoms with E-state index in [0.717, 1.165) is 19.6 Å². The highest BCUT2D eigenvalue weighted by Gasteiger charge is 2.18. The molecule has 0 aliphatic carbocycles. The molecule has 1 rings (SSSR count). The van der Waals surface area contributed by atoms with E-state index in [2.05, 4.69) is 0 Å². The molecular formula is C9H16O3. The molecule has 1 unspecified atom stereocenters. The Hall–Kier alpha value is -0.410. The summed E-state index contributed by atoms with van der Waals surface area (Å²) >= 11 is 0. The summed E-state index contributed by atoms with van der Waals surface area (Å²) in [4.78, 5) is 11.2. The van der Waals surface area contributed by atoms with Gasteiger partial charge in [-0.2, -0.15) is 0 Å². The van der Waals surface area contributed by atoms with Crippen LogP contribution in [0.15, 0.2) is 0 Å². The summed E-state index contributed by atoms with van der Waals surface area (Å²) in [6.07, 6.45) is 1.65. The quantitative estimate of drug-likeness (QED) is 0.621. The molecule has 1 saturated heterocycles. The van der Waals surface area contributed by atoms with Crippen LogP contribution in [0.3, 0.4) is 0 Å². The van der Waals surface area contributed by atoms with Crippen LogP contribution < -0.4 is 0 Å². The minimum atomic E-state index is 0.201. The van der Waals surface area contributed by atoms with Crippen molar-refractivity contribution in [2.24, 2.45) is 5.92 Å². The van der Waals surface area contributed by atoms with Gasteiger partial charge in [-0.3, -0.25) is 4.79 Å². The molecular weight excluding hydrogens is 156 g/mol. The molecule has 0 aromatic heterocycles. The van der Waals surface area contributed by atoms with E-state index < -0.39 is 0 Å². The molecule has 0 spiro atoms. The number of carbonyl (C=O) groups excluding carboxylic acids is 1. The van der Waals surface area contributed by atoms with Crippen molar-refractivity contribution in [1.29, 1.82) is 0 Å². The van der Waals surface area contributed by atoms with Crippen LogP contribution in [-0.4, -0.2) is 32.2 Å². The van der Waals surface area contributed by atoms with Gasteiger partial charge >= 0.3 is 0 Å². The van der Waals surface area contributed by atoms with Crippen molar-refractivity contribution in [2.45, 2.75) is 19.8 Å². The van der Waals surface area contributed by atoms with Gasteiger partial charge in [0, 0.05) is 26.2 Å². The monoisotopic (exact) mass is 172 g/mol. The van der Waals surface area contributed by atoms with Crippen LogP contribution >= 0.6 is 0 Å². The number of Topliss-reactive ketones (excluding diaryl/α,β-unsaturated/α-hetero) is 1. The molecule has 3 heteroatoms. The third-order valence-electron chi connectivity index (χ3n) is 2.01. The lowest BCUT2D eigenvalue weighted by Crippen LogP contribution is -2.14. The van der Waals surface area contributed by atoms with Gasteiger partial charge in [0.15, 0.2) is 5.78 Å². The van der Waals surface area contributed by atoms with Gasteiger partial charge in [0.05, 0.1) is 0 Å². The zero-order valence-electron chi connectivity index (χ0n) is 7.54. The van der Waals surface area contributed by atoms with Crippen LogP contribution in [0.25, 0.3) is 0 Å². The average Bonchev–Trinajstić information content (AvgIpc) is 2.53. The Bertz CT molecular complexity index is 139. The highest BCUT2D eigenvalue weighted by molar-refractivity contribution is 5.79. The van der Waals surface area contributed by atoms with Crippen molar-refractivity contribution in [3.05, 3.63) is 0 Å². The Balaban J connectivity index is 2.08. The molecule has 0 saturated carbocycles. The van der Waals surface area contributed by atoms with Crippen molar-refractivity contribution in [3.63, 3.8) is 0 Å². The topological polar surface area (TPSA) is 35.5 Å². The van der Waals surface area contributed by atoms with Gasteiger partial charge < -0.3 is 9.47 Å². The second kappa shape index (κ2) is 5.27. The summed E-state index contributed by atoms with van der Waals surface area (Å²) in [5.41, 5.74) is 0. The highest BCUT2D eigenvalue weighted by atomic mass is 16.5. The minimum absolute atomic E-state index is 0.201. The fraction of sp³-hybridized carbons (Fsp3) is 0.889. The van der Waals surface area contributed by atoms with E-state index in [9.17, 15) is 4.79 Å². The molecule has 0 amide bonds. The van der Waals surface area contributed by atoms with Gasteiger partial charge in [-0.05, 0) is 19.3 Å². The van der Waals surface area contributed by atoms with Crippen LogP contribution in [0, 0.1) is 5.92 Å². The predicted molar refractivity (Wildman–Crippen MR) is 45.0 cm³/mol. The first kappa shape index (κ1) is 9.68. The molecule has 0 aromatic carbocycles. The lowest BCUT2D eigenvalue weighted by molar-refractivity contribution is -0.124. The second-order valence-corrected chi connectivity index (χ2v) is 3.11. The van der Waals surface area contributed by atoms with Gasteiger partial charge in [0.25, 0.3) is 0 Å². The normalized spacial score (nSPS) is 22.9. The number of hydrogen-bond acceptors (Lipinski definition) is 3. The summed E-state index contributed by atoms with van der Waals surface area (Å²) < 4.78 is 10.2. The predicted octanol–water partition coefficient (Wildman–Crippen LogP) is 1.02. The number of ketones is 1. The summed E-state index contributed by atoms with van der Waals surface area (Å²) in [6.45, 7) is 4.34. The van der Waals surface area contributed by atoms with Gasteiger partial charge in [-0.1, -0.05) is 0 Å². The van der Waals surface area contributed by atoms with Crippen LogP contribution in [0.2, 0.25) is 0 Å². The average molecular weight is 172 g/mol. The van der Waals surface area contributed by atoms with Crippen LogP contribution in [0.4, 0.5) is 0 Å². The van der Waals surface area contributed by atoms with E-state index >= 15 is 0 Å². The first-order valence-electron chi connectivity index (χ1n) is 4.50. The fourth-order valence-corrected chi connectivity index (χ4v) is 1.34. The van der Waals surface area contributed by atoms with E-state index in [4.69, 9.17) is 9.47 Å². The van der Waals surface area contributed by atoms with Gasteiger partial charge in [-0.15, -0.1) is 0 Å². The Labute approximate surface area is 73.0 Å². The molecule has 1 aliphatic heterocycles. The van der Waals surface area contributed by atoms with Crippen molar-refractivity contribution in [2.75, 3.05) is 26.4 Å². The van der Waals surface area contributed by atoms with Gasteiger partial charge in [0.1, 0.15) is 6.61 Å². The van der Waals surface area contributed by atoms with Crippen LogP contribution in [0.5, 0.6) is 0 Å². The Morgan fingerprint density at radius 3 is 3.08 bits per heavy atom. The summed E-state index contributed by atoms with van der Waals surface area (Å²) in [5.74, 6) is 0.644. The van der Waals surface area contributed by atoms with E-state index in [1.54, 1.807) is 0 Å². The molecule has 0 aromatic rings. The van der Waals surface area contributed by atoms with E-state index in [-0.39, 0.29) is 12.4 Å². The number of hydrogen-bond donors (Lipinski definition) is 0. The number of carbonyl (C=O) groups is 1. The molecule has 1 fully saturated rings. The molecule has 1 atom stereocenters. The van der Waals surface area contributed by atoms with Gasteiger partial charge in [-0.25, -0.2) is 0 Å². The standard InChI is InChI=1S/C9H16O3/c1-2-11-7-9(10)5-8-3-4-12-6-8/h8H,2-7H2,1H3. The zero-order chi connectivity index (χ0) is 8.81. The Morgan fingerprint density at radius 1 is 1.67 bits per heavy atom. The largest absolute Gasteiger partial charge is 0.381 e. The van der Waals surface area contributed by atoms with E-state index in [0.29, 0.717) is 18.9 Å². The third kappa shape index (κ3) is 3.32. The molecule has 1 heterocycles. The molecule has 70 valence electrons. The number of rotatable bonds is 5. The summed E-state index contributed by atoms with van der Waals surface area (Å²) in [5, 5.41) is 0. The molecule has 0 bridgehead atoms. The van der Waals surface area contributed by atoms with Gasteiger partial charge in [0.2, 0.25) is 0 Å².